The second-order valence-electron chi connectivity index (χ2n) is 5.32. The lowest BCUT2D eigenvalue weighted by Gasteiger charge is -2.13. The number of ether oxygens (including phenoxy) is 2. The van der Waals surface area contributed by atoms with Gasteiger partial charge in [-0.1, -0.05) is 42.5 Å². The van der Waals surface area contributed by atoms with Gasteiger partial charge >= 0.3 is 5.97 Å². The molecule has 4 nitrogen and oxygen atoms in total. The van der Waals surface area contributed by atoms with E-state index in [-0.39, 0.29) is 18.5 Å². The van der Waals surface area contributed by atoms with Crippen molar-refractivity contribution in [2.45, 2.75) is 33.0 Å². The Morgan fingerprint density at radius 1 is 1.09 bits per heavy atom. The van der Waals surface area contributed by atoms with Gasteiger partial charge < -0.3 is 15.2 Å². The van der Waals surface area contributed by atoms with Gasteiger partial charge in [-0.3, -0.25) is 4.79 Å². The van der Waals surface area contributed by atoms with Gasteiger partial charge in [-0.05, 0) is 31.0 Å². The van der Waals surface area contributed by atoms with Crippen LogP contribution in [0.15, 0.2) is 48.5 Å². The number of hydrogen-bond donors (Lipinski definition) is 1. The second-order valence-corrected chi connectivity index (χ2v) is 5.32. The van der Waals surface area contributed by atoms with Crippen molar-refractivity contribution in [2.24, 2.45) is 0 Å². The van der Waals surface area contributed by atoms with Gasteiger partial charge in [-0.2, -0.15) is 0 Å². The number of esters is 1. The Kier molecular flexibility index (Phi) is 5.42. The molecule has 0 fully saturated rings. The number of para-hydroxylation sites is 1. The summed E-state index contributed by atoms with van der Waals surface area (Å²) >= 11 is 0. The van der Waals surface area contributed by atoms with E-state index in [9.17, 15) is 4.79 Å². The molecule has 2 aromatic carbocycles. The molecule has 0 heterocycles. The average molecular weight is 299 g/mol. The first kappa shape index (κ1) is 15.9. The smallest absolute Gasteiger partial charge is 0.310 e. The number of carbonyl (C=O) groups excluding carboxylic acids is 1. The Balaban J connectivity index is 2.04. The van der Waals surface area contributed by atoms with Crippen molar-refractivity contribution in [1.29, 1.82) is 0 Å². The van der Waals surface area contributed by atoms with Crippen molar-refractivity contribution in [3.63, 3.8) is 0 Å². The number of rotatable bonds is 6. The molecule has 0 aliphatic carbocycles. The second kappa shape index (κ2) is 7.50. The Hall–Kier alpha value is -2.49. The number of benzene rings is 2. The third-order valence-corrected chi connectivity index (χ3v) is 3.10. The highest BCUT2D eigenvalue weighted by atomic mass is 16.5. The Bertz CT molecular complexity index is 623. The van der Waals surface area contributed by atoms with Crippen molar-refractivity contribution < 1.29 is 14.3 Å². The summed E-state index contributed by atoms with van der Waals surface area (Å²) in [6.45, 7) is 4.08. The molecule has 2 rings (SSSR count). The van der Waals surface area contributed by atoms with Crippen molar-refractivity contribution in [3.8, 4) is 5.75 Å². The summed E-state index contributed by atoms with van der Waals surface area (Å²) in [5, 5.41) is 0. The third kappa shape index (κ3) is 4.52. The van der Waals surface area contributed by atoms with E-state index in [4.69, 9.17) is 15.2 Å². The van der Waals surface area contributed by atoms with Crippen LogP contribution in [0.4, 0.5) is 5.69 Å². The predicted molar refractivity (Wildman–Crippen MR) is 86.6 cm³/mol. The predicted octanol–water partition coefficient (Wildman–Crippen LogP) is 3.34. The van der Waals surface area contributed by atoms with Crippen molar-refractivity contribution >= 4 is 11.7 Å². The highest BCUT2D eigenvalue weighted by Crippen LogP contribution is 2.26. The molecular formula is C18H21NO3. The molecule has 0 aliphatic heterocycles. The van der Waals surface area contributed by atoms with Gasteiger partial charge in [0.2, 0.25) is 0 Å². The van der Waals surface area contributed by atoms with Gasteiger partial charge in [0.15, 0.2) is 0 Å². The lowest BCUT2D eigenvalue weighted by Crippen LogP contribution is -2.14. The summed E-state index contributed by atoms with van der Waals surface area (Å²) in [5.74, 6) is 0.292. The van der Waals surface area contributed by atoms with Gasteiger partial charge in [-0.25, -0.2) is 0 Å². The SMILES string of the molecule is CC(C)OC(=O)Cc1cccc(OCc2ccccc2)c1N. The topological polar surface area (TPSA) is 61.5 Å². The van der Waals surface area contributed by atoms with Crippen LogP contribution in [-0.4, -0.2) is 12.1 Å². The van der Waals surface area contributed by atoms with E-state index in [2.05, 4.69) is 0 Å². The van der Waals surface area contributed by atoms with E-state index in [0.29, 0.717) is 18.0 Å². The lowest BCUT2D eigenvalue weighted by atomic mass is 10.1. The Morgan fingerprint density at radius 3 is 2.50 bits per heavy atom. The fourth-order valence-electron chi connectivity index (χ4n) is 2.06. The van der Waals surface area contributed by atoms with Crippen molar-refractivity contribution in [3.05, 3.63) is 59.7 Å². The molecule has 0 aliphatic rings. The maximum atomic E-state index is 11.7. The quantitative estimate of drug-likeness (QED) is 0.656. The highest BCUT2D eigenvalue weighted by Gasteiger charge is 2.12. The summed E-state index contributed by atoms with van der Waals surface area (Å²) in [6.07, 6.45) is 0.0123. The lowest BCUT2D eigenvalue weighted by molar-refractivity contribution is -0.146. The van der Waals surface area contributed by atoms with Gasteiger partial charge in [0, 0.05) is 0 Å². The molecular weight excluding hydrogens is 278 g/mol. The highest BCUT2D eigenvalue weighted by molar-refractivity contribution is 5.76. The van der Waals surface area contributed by atoms with Crippen molar-refractivity contribution in [1.82, 2.24) is 0 Å². The summed E-state index contributed by atoms with van der Waals surface area (Å²) in [7, 11) is 0. The van der Waals surface area contributed by atoms with Crippen LogP contribution in [0.2, 0.25) is 0 Å². The minimum Gasteiger partial charge on any atom is -0.487 e. The van der Waals surface area contributed by atoms with E-state index in [1.807, 2.05) is 56.3 Å². The molecule has 0 unspecified atom stereocenters. The zero-order chi connectivity index (χ0) is 15.9. The van der Waals surface area contributed by atoms with Crippen LogP contribution in [0.1, 0.15) is 25.0 Å². The minimum atomic E-state index is -0.290. The summed E-state index contributed by atoms with van der Waals surface area (Å²) in [5.41, 5.74) is 8.36. The van der Waals surface area contributed by atoms with Crippen LogP contribution in [0, 0.1) is 0 Å². The summed E-state index contributed by atoms with van der Waals surface area (Å²) in [6, 6.07) is 15.3. The normalized spacial score (nSPS) is 10.5. The van der Waals surface area contributed by atoms with Gasteiger partial charge in [-0.15, -0.1) is 0 Å². The molecule has 0 spiro atoms. The number of hydrogen-bond acceptors (Lipinski definition) is 4. The molecule has 0 bridgehead atoms. The van der Waals surface area contributed by atoms with Crippen LogP contribution in [-0.2, 0) is 22.6 Å². The summed E-state index contributed by atoms with van der Waals surface area (Å²) < 4.78 is 10.9. The molecule has 0 atom stereocenters. The standard InChI is InChI=1S/C18H21NO3/c1-13(2)22-17(20)11-15-9-6-10-16(18(15)19)21-12-14-7-4-3-5-8-14/h3-10,13H,11-12,19H2,1-2H3. The molecule has 4 heteroatoms. The van der Waals surface area contributed by atoms with Crippen LogP contribution in [0.3, 0.4) is 0 Å². The fourth-order valence-corrected chi connectivity index (χ4v) is 2.06. The van der Waals surface area contributed by atoms with E-state index < -0.39 is 0 Å². The molecule has 0 aromatic heterocycles. The number of anilines is 1. The van der Waals surface area contributed by atoms with Crippen LogP contribution >= 0.6 is 0 Å². The van der Waals surface area contributed by atoms with Gasteiger partial charge in [0.05, 0.1) is 18.2 Å². The van der Waals surface area contributed by atoms with Crippen LogP contribution in [0.25, 0.3) is 0 Å². The number of nitrogens with two attached hydrogens (primary N) is 1. The summed E-state index contributed by atoms with van der Waals surface area (Å²) in [4.78, 5) is 11.7. The average Bonchev–Trinajstić information content (AvgIpc) is 2.48. The Morgan fingerprint density at radius 2 is 1.82 bits per heavy atom. The van der Waals surface area contributed by atoms with Gasteiger partial charge in [0.1, 0.15) is 12.4 Å². The molecule has 0 amide bonds. The molecule has 2 aromatic rings. The zero-order valence-electron chi connectivity index (χ0n) is 12.9. The first-order valence-electron chi connectivity index (χ1n) is 7.30. The molecule has 0 radical (unpaired) electrons. The van der Waals surface area contributed by atoms with Crippen molar-refractivity contribution in [2.75, 3.05) is 5.73 Å². The van der Waals surface area contributed by atoms with E-state index >= 15 is 0 Å². The maximum absolute atomic E-state index is 11.7. The van der Waals surface area contributed by atoms with E-state index in [1.54, 1.807) is 6.07 Å². The molecule has 22 heavy (non-hydrogen) atoms. The molecule has 0 saturated carbocycles. The zero-order valence-corrected chi connectivity index (χ0v) is 12.9. The maximum Gasteiger partial charge on any atom is 0.310 e. The number of nitrogen functional groups attached to an aromatic ring is 1. The third-order valence-electron chi connectivity index (χ3n) is 3.10. The first-order chi connectivity index (χ1) is 10.6. The van der Waals surface area contributed by atoms with Crippen LogP contribution < -0.4 is 10.5 Å². The number of carbonyl (C=O) groups is 1. The molecule has 2 N–H and O–H groups in total. The van der Waals surface area contributed by atoms with E-state index in [0.717, 1.165) is 11.1 Å². The minimum absolute atomic E-state index is 0.133. The van der Waals surface area contributed by atoms with E-state index in [1.165, 1.54) is 0 Å². The van der Waals surface area contributed by atoms with Crippen LogP contribution in [0.5, 0.6) is 5.75 Å². The largest absolute Gasteiger partial charge is 0.487 e. The Labute approximate surface area is 130 Å². The fraction of sp³-hybridized carbons (Fsp3) is 0.278. The first-order valence-corrected chi connectivity index (χ1v) is 7.30. The van der Waals surface area contributed by atoms with Gasteiger partial charge in [0.25, 0.3) is 0 Å². The monoisotopic (exact) mass is 299 g/mol. The molecule has 116 valence electrons. The molecule has 0 saturated heterocycles.